The molecule has 0 fully saturated rings. The van der Waals surface area contributed by atoms with Gasteiger partial charge in [-0.1, -0.05) is 25.0 Å². The summed E-state index contributed by atoms with van der Waals surface area (Å²) in [6.07, 6.45) is 9.13. The molecule has 26 heavy (non-hydrogen) atoms. The van der Waals surface area contributed by atoms with Crippen LogP contribution >= 0.6 is 0 Å². The molecule has 1 rings (SSSR count). The number of benzene rings is 1. The van der Waals surface area contributed by atoms with Gasteiger partial charge in [-0.15, -0.1) is 6.58 Å². The molecule has 148 valence electrons. The number of allylic oxidation sites excluding steroid dienone is 1. The van der Waals surface area contributed by atoms with Gasteiger partial charge in [0.05, 0.1) is 12.7 Å². The van der Waals surface area contributed by atoms with Gasteiger partial charge in [0.15, 0.2) is 0 Å². The molecule has 0 saturated heterocycles. The number of phenols is 1. The van der Waals surface area contributed by atoms with Crippen molar-refractivity contribution in [1.29, 1.82) is 0 Å². The van der Waals surface area contributed by atoms with Crippen LogP contribution in [0.4, 0.5) is 0 Å². The molecule has 4 N–H and O–H groups in total. The molecule has 0 aliphatic rings. The van der Waals surface area contributed by atoms with Gasteiger partial charge in [-0.3, -0.25) is 0 Å². The molecule has 1 unspecified atom stereocenters. The van der Waals surface area contributed by atoms with E-state index >= 15 is 0 Å². The zero-order valence-corrected chi connectivity index (χ0v) is 15.8. The largest absolute Gasteiger partial charge is 0.508 e. The van der Waals surface area contributed by atoms with Gasteiger partial charge in [0.25, 0.3) is 0 Å². The van der Waals surface area contributed by atoms with Crippen molar-refractivity contribution in [1.82, 2.24) is 5.32 Å². The summed E-state index contributed by atoms with van der Waals surface area (Å²) in [6.45, 7) is 6.49. The summed E-state index contributed by atoms with van der Waals surface area (Å²) in [7, 11) is 0. The Morgan fingerprint density at radius 3 is 2.54 bits per heavy atom. The van der Waals surface area contributed by atoms with Gasteiger partial charge in [-0.2, -0.15) is 0 Å². The zero-order valence-electron chi connectivity index (χ0n) is 15.8. The zero-order chi connectivity index (χ0) is 19.0. The maximum absolute atomic E-state index is 10.2. The van der Waals surface area contributed by atoms with Crippen LogP contribution in [0.5, 0.6) is 5.75 Å². The van der Waals surface area contributed by atoms with Crippen LogP contribution in [0.2, 0.25) is 0 Å². The maximum atomic E-state index is 10.2. The third kappa shape index (κ3) is 9.92. The minimum atomic E-state index is -0.643. The monoisotopic (exact) mass is 365 g/mol. The van der Waals surface area contributed by atoms with Crippen molar-refractivity contribution >= 4 is 0 Å². The molecule has 0 aliphatic carbocycles. The standard InChI is InChI=1S/C21H35NO4/c1-2-3-4-8-13-26-14-9-6-5-7-12-22-16-21(25)18-10-11-20(24)19(15-18)17-23/h2,10-11,15,21-25H,1,3-9,12-14,16-17H2. The molecule has 5 heteroatoms. The molecular formula is C21H35NO4. The highest BCUT2D eigenvalue weighted by atomic mass is 16.5. The first-order valence-corrected chi connectivity index (χ1v) is 9.69. The Hall–Kier alpha value is -1.40. The Labute approximate surface area is 157 Å². The second-order valence-electron chi connectivity index (χ2n) is 6.58. The predicted molar refractivity (Wildman–Crippen MR) is 105 cm³/mol. The quantitative estimate of drug-likeness (QED) is 0.266. The van der Waals surface area contributed by atoms with Crippen LogP contribution in [0.25, 0.3) is 0 Å². The third-order valence-corrected chi connectivity index (χ3v) is 4.34. The Kier molecular flexibility index (Phi) is 12.8. The Morgan fingerprint density at radius 1 is 1.08 bits per heavy atom. The number of rotatable bonds is 16. The lowest BCUT2D eigenvalue weighted by molar-refractivity contribution is 0.126. The van der Waals surface area contributed by atoms with Gasteiger partial charge in [0, 0.05) is 25.3 Å². The fourth-order valence-electron chi connectivity index (χ4n) is 2.70. The van der Waals surface area contributed by atoms with Crippen molar-refractivity contribution in [3.8, 4) is 5.75 Å². The number of ether oxygens (including phenoxy) is 1. The van der Waals surface area contributed by atoms with Crippen molar-refractivity contribution in [3.05, 3.63) is 42.0 Å². The molecule has 0 radical (unpaired) electrons. The van der Waals surface area contributed by atoms with E-state index in [4.69, 9.17) is 9.84 Å². The second-order valence-corrected chi connectivity index (χ2v) is 6.58. The molecule has 1 aromatic carbocycles. The highest BCUT2D eigenvalue weighted by Crippen LogP contribution is 2.22. The predicted octanol–water partition coefficient (Wildman–Crippen LogP) is 3.44. The number of aliphatic hydroxyl groups excluding tert-OH is 2. The van der Waals surface area contributed by atoms with E-state index in [9.17, 15) is 10.2 Å². The van der Waals surface area contributed by atoms with Crippen molar-refractivity contribution in [3.63, 3.8) is 0 Å². The van der Waals surface area contributed by atoms with Gasteiger partial charge in [0.2, 0.25) is 0 Å². The minimum absolute atomic E-state index is 0.0529. The van der Waals surface area contributed by atoms with Gasteiger partial charge < -0.3 is 25.4 Å². The Bertz CT molecular complexity index is 493. The number of aromatic hydroxyl groups is 1. The fourth-order valence-corrected chi connectivity index (χ4v) is 2.70. The number of hydrogen-bond donors (Lipinski definition) is 4. The third-order valence-electron chi connectivity index (χ3n) is 4.34. The molecular weight excluding hydrogens is 330 g/mol. The topological polar surface area (TPSA) is 82.0 Å². The average molecular weight is 366 g/mol. The first kappa shape index (κ1) is 22.6. The van der Waals surface area contributed by atoms with Crippen molar-refractivity contribution in [2.75, 3.05) is 26.3 Å². The minimum Gasteiger partial charge on any atom is -0.508 e. The lowest BCUT2D eigenvalue weighted by Crippen LogP contribution is -2.22. The van der Waals surface area contributed by atoms with Crippen LogP contribution in [-0.2, 0) is 11.3 Å². The molecule has 0 amide bonds. The van der Waals surface area contributed by atoms with Gasteiger partial charge in [-0.25, -0.2) is 0 Å². The van der Waals surface area contributed by atoms with E-state index in [2.05, 4.69) is 11.9 Å². The lowest BCUT2D eigenvalue weighted by atomic mass is 10.1. The molecule has 1 aromatic rings. The summed E-state index contributed by atoms with van der Waals surface area (Å²) in [5.74, 6) is 0.0529. The summed E-state index contributed by atoms with van der Waals surface area (Å²) in [4.78, 5) is 0. The summed E-state index contributed by atoms with van der Waals surface area (Å²) in [5.41, 5.74) is 1.13. The second kappa shape index (κ2) is 14.7. The van der Waals surface area contributed by atoms with Gasteiger partial charge in [-0.05, 0) is 56.3 Å². The number of hydrogen-bond acceptors (Lipinski definition) is 5. The van der Waals surface area contributed by atoms with Crippen molar-refractivity contribution in [2.24, 2.45) is 0 Å². The van der Waals surface area contributed by atoms with E-state index < -0.39 is 6.10 Å². The summed E-state index contributed by atoms with van der Waals surface area (Å²) in [5, 5.41) is 32.1. The molecule has 0 saturated carbocycles. The fraction of sp³-hybridized carbons (Fsp3) is 0.619. The average Bonchev–Trinajstić information content (AvgIpc) is 2.65. The van der Waals surface area contributed by atoms with Crippen LogP contribution < -0.4 is 5.32 Å². The van der Waals surface area contributed by atoms with Crippen molar-refractivity contribution < 1.29 is 20.1 Å². The van der Waals surface area contributed by atoms with Crippen LogP contribution in [0.3, 0.4) is 0 Å². The maximum Gasteiger partial charge on any atom is 0.121 e. The summed E-state index contributed by atoms with van der Waals surface area (Å²) in [6, 6.07) is 4.82. The summed E-state index contributed by atoms with van der Waals surface area (Å²) >= 11 is 0. The summed E-state index contributed by atoms with van der Waals surface area (Å²) < 4.78 is 5.60. The normalized spacial score (nSPS) is 12.2. The molecule has 0 heterocycles. The van der Waals surface area contributed by atoms with E-state index in [0.29, 0.717) is 17.7 Å². The van der Waals surface area contributed by atoms with Crippen LogP contribution in [0.1, 0.15) is 62.2 Å². The number of nitrogens with one attached hydrogen (secondary N) is 1. The van der Waals surface area contributed by atoms with Crippen LogP contribution in [0.15, 0.2) is 30.9 Å². The van der Waals surface area contributed by atoms with E-state index in [1.807, 2.05) is 6.08 Å². The first-order valence-electron chi connectivity index (χ1n) is 9.69. The molecule has 1 atom stereocenters. The smallest absolute Gasteiger partial charge is 0.121 e. The highest BCUT2D eigenvalue weighted by molar-refractivity contribution is 5.36. The van der Waals surface area contributed by atoms with Crippen molar-refractivity contribution in [2.45, 2.75) is 57.7 Å². The molecule has 5 nitrogen and oxygen atoms in total. The first-order chi connectivity index (χ1) is 12.7. The van der Waals surface area contributed by atoms with E-state index in [0.717, 1.165) is 64.7 Å². The SMILES string of the molecule is C=CCCCCOCCCCCCNCC(O)c1ccc(O)c(CO)c1. The molecule has 0 bridgehead atoms. The Balaban J connectivity index is 1.98. The lowest BCUT2D eigenvalue weighted by Gasteiger charge is -2.14. The van der Waals surface area contributed by atoms with E-state index in [1.54, 1.807) is 12.1 Å². The van der Waals surface area contributed by atoms with E-state index in [-0.39, 0.29) is 12.4 Å². The Morgan fingerprint density at radius 2 is 1.81 bits per heavy atom. The molecule has 0 spiro atoms. The molecule has 0 aliphatic heterocycles. The van der Waals surface area contributed by atoms with E-state index in [1.165, 1.54) is 6.07 Å². The molecule has 0 aromatic heterocycles. The number of aliphatic hydroxyl groups is 2. The number of unbranched alkanes of at least 4 members (excludes halogenated alkanes) is 5. The van der Waals surface area contributed by atoms with Gasteiger partial charge in [0.1, 0.15) is 5.75 Å². The van der Waals surface area contributed by atoms with Crippen LogP contribution in [0, 0.1) is 0 Å². The van der Waals surface area contributed by atoms with Gasteiger partial charge >= 0.3 is 0 Å². The van der Waals surface area contributed by atoms with Crippen LogP contribution in [-0.4, -0.2) is 41.6 Å². The highest BCUT2D eigenvalue weighted by Gasteiger charge is 2.09.